The van der Waals surface area contributed by atoms with E-state index in [0.717, 1.165) is 71.6 Å². The van der Waals surface area contributed by atoms with Gasteiger partial charge in [-0.3, -0.25) is 0 Å². The van der Waals surface area contributed by atoms with Crippen molar-refractivity contribution in [3.8, 4) is 35.2 Å². The van der Waals surface area contributed by atoms with E-state index < -0.39 is 11.6 Å². The number of aryl methyl sites for hydroxylation is 1. The molecule has 1 aliphatic carbocycles. The van der Waals surface area contributed by atoms with Crippen LogP contribution in [-0.2, 0) is 4.74 Å². The Kier molecular flexibility index (Phi) is 7.17. The molecule has 4 aromatic rings. The monoisotopic (exact) mass is 679 g/mol. The fourth-order valence-electron chi connectivity index (χ4n) is 9.42. The lowest BCUT2D eigenvalue weighted by Crippen LogP contribution is -2.51. The first-order valence-corrected chi connectivity index (χ1v) is 17.8. The third-order valence-corrected chi connectivity index (χ3v) is 12.6. The van der Waals surface area contributed by atoms with Gasteiger partial charge >= 0.3 is 6.01 Å². The number of phenols is 1. The number of hydrogen-bond donors (Lipinski definition) is 2. The van der Waals surface area contributed by atoms with Gasteiger partial charge in [-0.2, -0.15) is 9.97 Å². The van der Waals surface area contributed by atoms with Crippen LogP contribution < -0.4 is 15.0 Å². The molecule has 0 radical (unpaired) electrons. The van der Waals surface area contributed by atoms with E-state index in [9.17, 15) is 5.11 Å². The molecule has 3 aromatic carbocycles. The minimum absolute atomic E-state index is 0.0203. The van der Waals surface area contributed by atoms with Gasteiger partial charge in [0.1, 0.15) is 23.2 Å². The average molecular weight is 680 g/mol. The van der Waals surface area contributed by atoms with Gasteiger partial charge < -0.3 is 29.7 Å². The number of benzene rings is 3. The molecule has 9 rings (SSSR count). The maximum Gasteiger partial charge on any atom is 0.318 e. The van der Waals surface area contributed by atoms with E-state index in [1.165, 1.54) is 24.3 Å². The second kappa shape index (κ2) is 11.2. The summed E-state index contributed by atoms with van der Waals surface area (Å²) in [6.07, 6.45) is 10.1. The van der Waals surface area contributed by atoms with Crippen LogP contribution in [0.4, 0.5) is 14.6 Å². The van der Waals surface area contributed by atoms with Gasteiger partial charge in [0, 0.05) is 77.4 Å². The zero-order valence-electron chi connectivity index (χ0n) is 28.9. The summed E-state index contributed by atoms with van der Waals surface area (Å²) >= 11 is 0. The second-order valence-electron chi connectivity index (χ2n) is 16.3. The normalized spacial score (nSPS) is 28.4. The van der Waals surface area contributed by atoms with Crippen LogP contribution in [0.1, 0.15) is 50.7 Å². The number of phenolic OH excluding ortho intramolecular Hbond substituents is 1. The van der Waals surface area contributed by atoms with Gasteiger partial charge in [-0.15, -0.1) is 6.42 Å². The van der Waals surface area contributed by atoms with E-state index in [0.29, 0.717) is 57.3 Å². The third kappa shape index (κ3) is 5.03. The highest BCUT2D eigenvalue weighted by atomic mass is 19.1. The highest BCUT2D eigenvalue weighted by molar-refractivity contribution is 6.05. The Bertz CT molecular complexity index is 2080. The van der Waals surface area contributed by atoms with Gasteiger partial charge in [-0.05, 0) is 73.4 Å². The van der Waals surface area contributed by atoms with E-state index >= 15 is 8.78 Å². The quantitative estimate of drug-likeness (QED) is 0.224. The molecule has 5 aliphatic rings. The number of fused-ring (bicyclic) bond motifs is 5. The van der Waals surface area contributed by atoms with Crippen molar-refractivity contribution in [2.75, 3.05) is 57.4 Å². The van der Waals surface area contributed by atoms with Gasteiger partial charge in [0.15, 0.2) is 0 Å². The Balaban J connectivity index is 1.12. The number of nitrogens with one attached hydrogen (secondary N) is 1. The molecular weight excluding hydrogens is 636 g/mol. The predicted octanol–water partition coefficient (Wildman–Crippen LogP) is 6.18. The standard InChI is InChI=1S/C40H43F2N5O3/c1-5-28-31(41)9-6-24-12-27(48)13-29(34(24)28)33-23(2)35-30(14-32(33)42)36(47-15-25-7-8-26(16-47)43-25)45-37(44-35)50-22-40(10-11-40)19-46-17-38(3)20-49-21-39(38,4)18-46/h1,6,9,12-14,25-26,43,48H,7-8,10-11,15-22H2,2-4H3/t25?,26?,38-,39-/m0/s1. The molecule has 2 unspecified atom stereocenters. The molecule has 8 nitrogen and oxygen atoms in total. The molecule has 1 saturated carbocycles. The van der Waals surface area contributed by atoms with Gasteiger partial charge in [0.05, 0.1) is 30.9 Å². The lowest BCUT2D eigenvalue weighted by atomic mass is 9.71. The molecule has 0 spiro atoms. The topological polar surface area (TPSA) is 83.0 Å². The minimum Gasteiger partial charge on any atom is -0.508 e. The Hall–Kier alpha value is -4.04. The van der Waals surface area contributed by atoms with Crippen molar-refractivity contribution in [1.29, 1.82) is 0 Å². The number of aromatic nitrogens is 2. The van der Waals surface area contributed by atoms with Gasteiger partial charge in [0.25, 0.3) is 0 Å². The lowest BCUT2D eigenvalue weighted by molar-refractivity contribution is 0.112. The van der Waals surface area contributed by atoms with Gasteiger partial charge in [-0.1, -0.05) is 25.8 Å². The highest BCUT2D eigenvalue weighted by Gasteiger charge is 2.57. The SMILES string of the molecule is C#Cc1c(F)ccc2cc(O)cc(-c3c(F)cc4c(N5CC6CCC(C5)N6)nc(OCC5(CN6C[C@@]7(C)COC[C@]7(C)C6)CC5)nc4c3C)c12. The van der Waals surface area contributed by atoms with E-state index in [1.54, 1.807) is 6.07 Å². The molecule has 1 aromatic heterocycles. The molecule has 260 valence electrons. The van der Waals surface area contributed by atoms with E-state index in [4.69, 9.17) is 25.9 Å². The molecule has 10 heteroatoms. The number of aromatic hydroxyl groups is 1. The largest absolute Gasteiger partial charge is 0.508 e. The first-order chi connectivity index (χ1) is 24.0. The molecule has 0 amide bonds. The van der Waals surface area contributed by atoms with Gasteiger partial charge in [0.2, 0.25) is 0 Å². The number of nitrogens with zero attached hydrogens (tertiary/aromatic N) is 4. The fraction of sp³-hybridized carbons (Fsp3) is 0.500. The van der Waals surface area contributed by atoms with Crippen LogP contribution in [0.3, 0.4) is 0 Å². The number of rotatable bonds is 7. The number of anilines is 1. The number of halogens is 2. The third-order valence-electron chi connectivity index (χ3n) is 12.6. The number of hydrogen-bond acceptors (Lipinski definition) is 8. The average Bonchev–Trinajstić information content (AvgIpc) is 3.58. The molecule has 4 aliphatic heterocycles. The molecule has 2 bridgehead atoms. The van der Waals surface area contributed by atoms with E-state index in [-0.39, 0.29) is 39.1 Å². The van der Waals surface area contributed by atoms with Gasteiger partial charge in [-0.25, -0.2) is 8.78 Å². The summed E-state index contributed by atoms with van der Waals surface area (Å²) < 4.78 is 44.0. The number of terminal acetylenes is 1. The molecule has 4 atom stereocenters. The zero-order chi connectivity index (χ0) is 34.6. The van der Waals surface area contributed by atoms with Crippen LogP contribution in [0.2, 0.25) is 0 Å². The summed E-state index contributed by atoms with van der Waals surface area (Å²) in [6, 6.07) is 8.20. The van der Waals surface area contributed by atoms with Crippen LogP contribution in [0.25, 0.3) is 32.8 Å². The number of ether oxygens (including phenoxy) is 2. The van der Waals surface area contributed by atoms with Crippen molar-refractivity contribution < 1.29 is 23.4 Å². The van der Waals surface area contributed by atoms with Crippen LogP contribution in [0, 0.1) is 47.1 Å². The van der Waals surface area contributed by atoms with Crippen LogP contribution in [0.15, 0.2) is 30.3 Å². The van der Waals surface area contributed by atoms with Crippen molar-refractivity contribution in [3.63, 3.8) is 0 Å². The summed E-state index contributed by atoms with van der Waals surface area (Å²) in [5.74, 6) is 1.93. The predicted molar refractivity (Wildman–Crippen MR) is 190 cm³/mol. The Morgan fingerprint density at radius 1 is 1.04 bits per heavy atom. The van der Waals surface area contributed by atoms with Crippen molar-refractivity contribution >= 4 is 27.5 Å². The number of likely N-dealkylation sites (tertiary alicyclic amines) is 1. The molecule has 2 N–H and O–H groups in total. The summed E-state index contributed by atoms with van der Waals surface area (Å²) in [5, 5.41) is 15.9. The molecule has 4 saturated heterocycles. The van der Waals surface area contributed by atoms with Crippen molar-refractivity contribution in [2.24, 2.45) is 16.2 Å². The van der Waals surface area contributed by atoms with Crippen LogP contribution >= 0.6 is 0 Å². The molecule has 50 heavy (non-hydrogen) atoms. The number of piperazine rings is 1. The van der Waals surface area contributed by atoms with Crippen LogP contribution in [0.5, 0.6) is 11.8 Å². The van der Waals surface area contributed by atoms with Crippen molar-refractivity contribution in [3.05, 3.63) is 53.1 Å². The zero-order valence-corrected chi connectivity index (χ0v) is 28.9. The van der Waals surface area contributed by atoms with Crippen molar-refractivity contribution in [2.45, 2.75) is 58.5 Å². The Morgan fingerprint density at radius 3 is 2.44 bits per heavy atom. The van der Waals surface area contributed by atoms with Crippen LogP contribution in [-0.4, -0.2) is 84.6 Å². The van der Waals surface area contributed by atoms with E-state index in [1.807, 2.05) is 6.92 Å². The summed E-state index contributed by atoms with van der Waals surface area (Å²) in [4.78, 5) is 14.8. The highest BCUT2D eigenvalue weighted by Crippen LogP contribution is 2.54. The molecule has 5 heterocycles. The maximum absolute atomic E-state index is 16.6. The maximum atomic E-state index is 16.6. The Morgan fingerprint density at radius 2 is 1.76 bits per heavy atom. The first-order valence-electron chi connectivity index (χ1n) is 17.8. The minimum atomic E-state index is -0.581. The summed E-state index contributed by atoms with van der Waals surface area (Å²) in [6.45, 7) is 13.2. The Labute approximate surface area is 291 Å². The second-order valence-corrected chi connectivity index (χ2v) is 16.3. The smallest absolute Gasteiger partial charge is 0.318 e. The summed E-state index contributed by atoms with van der Waals surface area (Å²) in [7, 11) is 0. The van der Waals surface area contributed by atoms with Crippen molar-refractivity contribution in [1.82, 2.24) is 20.2 Å². The summed E-state index contributed by atoms with van der Waals surface area (Å²) in [5.41, 5.74) is 2.01. The fourth-order valence-corrected chi connectivity index (χ4v) is 9.42. The van der Waals surface area contributed by atoms with E-state index in [2.05, 4.69) is 34.9 Å². The molecular formula is C40H43F2N5O3. The first kappa shape index (κ1) is 31.9. The lowest BCUT2D eigenvalue weighted by Gasteiger charge is -2.34. The molecule has 5 fully saturated rings.